The Kier molecular flexibility index (Phi) is 5.83. The Balaban J connectivity index is 1.55. The molecule has 0 bridgehead atoms. The molecular formula is C21H21F3N6O2. The number of ether oxygens (including phenoxy) is 1. The summed E-state index contributed by atoms with van der Waals surface area (Å²) in [5, 5.41) is 6.30. The minimum Gasteiger partial charge on any atom is -0.365 e. The lowest BCUT2D eigenvalue weighted by Crippen LogP contribution is -2.52. The summed E-state index contributed by atoms with van der Waals surface area (Å²) in [6.45, 7) is 1.29. The maximum Gasteiger partial charge on any atom is 0.416 e. The van der Waals surface area contributed by atoms with Gasteiger partial charge in [-0.3, -0.25) is 0 Å². The molecule has 2 N–H and O–H groups in total. The monoisotopic (exact) mass is 446 g/mol. The van der Waals surface area contributed by atoms with Gasteiger partial charge in [-0.2, -0.15) is 18.2 Å². The van der Waals surface area contributed by atoms with E-state index in [0.717, 1.165) is 27.0 Å². The summed E-state index contributed by atoms with van der Waals surface area (Å²) in [4.78, 5) is 26.6. The van der Waals surface area contributed by atoms with Crippen molar-refractivity contribution in [2.75, 3.05) is 37.4 Å². The molecule has 168 valence electrons. The molecule has 1 aliphatic heterocycles. The van der Waals surface area contributed by atoms with Crippen molar-refractivity contribution in [3.63, 3.8) is 0 Å². The van der Waals surface area contributed by atoms with E-state index in [1.807, 2.05) is 19.1 Å². The van der Waals surface area contributed by atoms with Crippen LogP contribution in [0.2, 0.25) is 0 Å². The molecule has 0 spiro atoms. The second-order valence-electron chi connectivity index (χ2n) is 7.39. The number of carbonyl (C=O) groups excluding carboxylic acids is 1. The number of aromatic nitrogens is 3. The summed E-state index contributed by atoms with van der Waals surface area (Å²) in [5.74, 6) is 0.467. The highest BCUT2D eigenvalue weighted by atomic mass is 19.4. The largest absolute Gasteiger partial charge is 0.416 e. The van der Waals surface area contributed by atoms with Gasteiger partial charge in [0.1, 0.15) is 0 Å². The Bertz CT molecular complexity index is 1150. The standard InChI is InChI=1S/C21H21F3N6O2/c1-12-3-4-15(28-20(31)30-5-6-32-17(11-30)21(22,23)24)8-16(12)13-7-14-10-27-19(25-2)29-18(14)26-9-13/h3-4,7-10,17H,5-6,11H2,1-2H3,(H,28,31)(H,25,26,27,29)/t17-/m0/s1. The predicted molar refractivity (Wildman–Crippen MR) is 113 cm³/mol. The summed E-state index contributed by atoms with van der Waals surface area (Å²) in [7, 11) is 1.72. The van der Waals surface area contributed by atoms with Gasteiger partial charge in [0.05, 0.1) is 13.2 Å². The summed E-state index contributed by atoms with van der Waals surface area (Å²) in [6, 6.07) is 6.58. The average molecular weight is 446 g/mol. The molecule has 2 amide bonds. The topological polar surface area (TPSA) is 92.3 Å². The van der Waals surface area contributed by atoms with Crippen LogP contribution >= 0.6 is 0 Å². The number of halogens is 3. The Morgan fingerprint density at radius 3 is 2.78 bits per heavy atom. The first-order chi connectivity index (χ1) is 15.2. The van der Waals surface area contributed by atoms with E-state index in [9.17, 15) is 18.0 Å². The van der Waals surface area contributed by atoms with Crippen LogP contribution in [0.1, 0.15) is 5.56 Å². The number of nitrogens with one attached hydrogen (secondary N) is 2. The van der Waals surface area contributed by atoms with Crippen LogP contribution in [0.5, 0.6) is 0 Å². The lowest BCUT2D eigenvalue weighted by Gasteiger charge is -2.33. The first kappa shape index (κ1) is 21.8. The summed E-state index contributed by atoms with van der Waals surface area (Å²) in [5.41, 5.74) is 3.58. The zero-order valence-corrected chi connectivity index (χ0v) is 17.4. The fraction of sp³-hybridized carbons (Fsp3) is 0.333. The number of carbonyl (C=O) groups is 1. The summed E-state index contributed by atoms with van der Waals surface area (Å²) >= 11 is 0. The van der Waals surface area contributed by atoms with Crippen LogP contribution in [0.4, 0.5) is 29.6 Å². The first-order valence-electron chi connectivity index (χ1n) is 9.90. The van der Waals surface area contributed by atoms with E-state index in [4.69, 9.17) is 4.74 Å². The van der Waals surface area contributed by atoms with Gasteiger partial charge in [-0.05, 0) is 36.2 Å². The maximum atomic E-state index is 12.9. The predicted octanol–water partition coefficient (Wildman–Crippen LogP) is 3.84. The number of anilines is 2. The van der Waals surface area contributed by atoms with E-state index in [1.54, 1.807) is 31.6 Å². The van der Waals surface area contributed by atoms with Crippen LogP contribution in [-0.4, -0.2) is 64.9 Å². The number of hydrogen-bond donors (Lipinski definition) is 2. The van der Waals surface area contributed by atoms with Crippen molar-refractivity contribution in [1.82, 2.24) is 19.9 Å². The number of rotatable bonds is 3. The van der Waals surface area contributed by atoms with E-state index >= 15 is 0 Å². The molecule has 1 atom stereocenters. The van der Waals surface area contributed by atoms with Crippen molar-refractivity contribution in [1.29, 1.82) is 0 Å². The lowest BCUT2D eigenvalue weighted by molar-refractivity contribution is -0.233. The quantitative estimate of drug-likeness (QED) is 0.635. The van der Waals surface area contributed by atoms with Crippen molar-refractivity contribution in [2.45, 2.75) is 19.2 Å². The van der Waals surface area contributed by atoms with Crippen LogP contribution in [-0.2, 0) is 4.74 Å². The summed E-state index contributed by atoms with van der Waals surface area (Å²) in [6.07, 6.45) is -3.15. The van der Waals surface area contributed by atoms with Crippen LogP contribution in [0.15, 0.2) is 36.7 Å². The third-order valence-electron chi connectivity index (χ3n) is 5.18. The van der Waals surface area contributed by atoms with E-state index < -0.39 is 24.9 Å². The molecule has 32 heavy (non-hydrogen) atoms. The number of aryl methyl sites for hydroxylation is 1. The smallest absolute Gasteiger partial charge is 0.365 e. The third kappa shape index (κ3) is 4.57. The van der Waals surface area contributed by atoms with Crippen molar-refractivity contribution in [2.24, 2.45) is 0 Å². The van der Waals surface area contributed by atoms with Gasteiger partial charge in [0, 0.05) is 42.6 Å². The highest BCUT2D eigenvalue weighted by Crippen LogP contribution is 2.29. The fourth-order valence-electron chi connectivity index (χ4n) is 3.44. The molecule has 0 radical (unpaired) electrons. The Morgan fingerprint density at radius 1 is 1.22 bits per heavy atom. The molecule has 4 rings (SSSR count). The number of alkyl halides is 3. The van der Waals surface area contributed by atoms with Crippen LogP contribution < -0.4 is 10.6 Å². The zero-order valence-electron chi connectivity index (χ0n) is 17.4. The molecule has 3 aromatic rings. The van der Waals surface area contributed by atoms with Crippen LogP contribution in [0.3, 0.4) is 0 Å². The number of amides is 2. The van der Waals surface area contributed by atoms with Gasteiger partial charge < -0.3 is 20.3 Å². The van der Waals surface area contributed by atoms with Crippen molar-refractivity contribution < 1.29 is 22.7 Å². The highest BCUT2D eigenvalue weighted by molar-refractivity contribution is 5.91. The van der Waals surface area contributed by atoms with Gasteiger partial charge in [0.2, 0.25) is 5.95 Å². The molecule has 1 saturated heterocycles. The van der Waals surface area contributed by atoms with E-state index in [0.29, 0.717) is 17.3 Å². The molecule has 2 aromatic heterocycles. The minimum absolute atomic E-state index is 0.0837. The molecule has 3 heterocycles. The minimum atomic E-state index is -4.52. The summed E-state index contributed by atoms with van der Waals surface area (Å²) < 4.78 is 43.6. The molecule has 1 aromatic carbocycles. The third-order valence-corrected chi connectivity index (χ3v) is 5.18. The number of benzene rings is 1. The molecular weight excluding hydrogens is 425 g/mol. The van der Waals surface area contributed by atoms with Gasteiger partial charge in [0.25, 0.3) is 0 Å². The van der Waals surface area contributed by atoms with Gasteiger partial charge in [-0.1, -0.05) is 6.07 Å². The Hall–Kier alpha value is -3.47. The van der Waals surface area contributed by atoms with Crippen LogP contribution in [0, 0.1) is 6.92 Å². The molecule has 1 fully saturated rings. The maximum absolute atomic E-state index is 12.9. The number of pyridine rings is 1. The number of hydrogen-bond acceptors (Lipinski definition) is 6. The first-order valence-corrected chi connectivity index (χ1v) is 9.90. The van der Waals surface area contributed by atoms with E-state index in [2.05, 4.69) is 25.6 Å². The SMILES string of the molecule is CNc1ncc2cc(-c3cc(NC(=O)N4CCO[C@H](C(F)(F)F)C4)ccc3C)cnc2n1. The second kappa shape index (κ2) is 8.58. The fourth-order valence-corrected chi connectivity index (χ4v) is 3.44. The molecule has 1 aliphatic rings. The van der Waals surface area contributed by atoms with Gasteiger partial charge in [0.15, 0.2) is 11.8 Å². The number of nitrogens with zero attached hydrogens (tertiary/aromatic N) is 4. The average Bonchev–Trinajstić information content (AvgIpc) is 2.79. The van der Waals surface area contributed by atoms with Gasteiger partial charge in [-0.15, -0.1) is 0 Å². The van der Waals surface area contributed by atoms with Gasteiger partial charge in [-0.25, -0.2) is 14.8 Å². The second-order valence-corrected chi connectivity index (χ2v) is 7.39. The number of fused-ring (bicyclic) bond motifs is 1. The molecule has 0 aliphatic carbocycles. The normalized spacial score (nSPS) is 16.8. The number of morpholine rings is 1. The van der Waals surface area contributed by atoms with Crippen molar-refractivity contribution in [3.8, 4) is 11.1 Å². The van der Waals surface area contributed by atoms with E-state index in [1.165, 1.54) is 0 Å². The highest BCUT2D eigenvalue weighted by Gasteiger charge is 2.44. The molecule has 0 saturated carbocycles. The Morgan fingerprint density at radius 2 is 2.03 bits per heavy atom. The zero-order chi connectivity index (χ0) is 22.9. The van der Waals surface area contributed by atoms with E-state index in [-0.39, 0.29) is 13.2 Å². The lowest BCUT2D eigenvalue weighted by atomic mass is 10.0. The van der Waals surface area contributed by atoms with Crippen molar-refractivity contribution >= 4 is 28.7 Å². The molecule has 11 heteroatoms. The van der Waals surface area contributed by atoms with Gasteiger partial charge >= 0.3 is 12.2 Å². The molecule has 8 nitrogen and oxygen atoms in total. The van der Waals surface area contributed by atoms with Crippen molar-refractivity contribution in [3.05, 3.63) is 42.2 Å². The molecule has 0 unspecified atom stereocenters. The van der Waals surface area contributed by atoms with Crippen LogP contribution in [0.25, 0.3) is 22.2 Å². The Labute approximate surface area is 181 Å². The number of urea groups is 1.